The fourth-order valence-corrected chi connectivity index (χ4v) is 4.69. The van der Waals surface area contributed by atoms with E-state index < -0.39 is 24.0 Å². The van der Waals surface area contributed by atoms with E-state index in [1.165, 1.54) is 12.1 Å². The number of benzene rings is 2. The molecule has 1 saturated heterocycles. The average Bonchev–Trinajstić information content (AvgIpc) is 3.06. The highest BCUT2D eigenvalue weighted by molar-refractivity contribution is 6.30. The topological polar surface area (TPSA) is 70.0 Å². The lowest BCUT2D eigenvalue weighted by Gasteiger charge is -2.35. The van der Waals surface area contributed by atoms with Crippen molar-refractivity contribution in [1.29, 1.82) is 0 Å². The number of nitrogens with zero attached hydrogens (tertiary/aromatic N) is 1. The number of carbonyl (C=O) groups is 1. The number of rotatable bonds is 5. The lowest BCUT2D eigenvalue weighted by molar-refractivity contribution is -0.0232. The second-order valence-electron chi connectivity index (χ2n) is 7.95. The van der Waals surface area contributed by atoms with Crippen LogP contribution in [0.25, 0.3) is 0 Å². The predicted molar refractivity (Wildman–Crippen MR) is 107 cm³/mol. The third-order valence-corrected chi connectivity index (χ3v) is 6.29. The van der Waals surface area contributed by atoms with Gasteiger partial charge in [0.2, 0.25) is 0 Å². The second-order valence-corrected chi connectivity index (χ2v) is 8.35. The van der Waals surface area contributed by atoms with E-state index >= 15 is 0 Å². The molecule has 0 spiro atoms. The van der Waals surface area contributed by atoms with Crippen molar-refractivity contribution in [2.75, 3.05) is 13.1 Å². The minimum Gasteiger partial charge on any atom is -0.488 e. The predicted octanol–water partition coefficient (Wildman–Crippen LogP) is 3.83. The summed E-state index contributed by atoms with van der Waals surface area (Å²) in [4.78, 5) is 13.7. The third-order valence-electron chi connectivity index (χ3n) is 5.98. The number of hydrogen-bond donors (Lipinski definition) is 2. The van der Waals surface area contributed by atoms with Crippen LogP contribution in [0.5, 0.6) is 5.75 Å². The number of carboxylic acid groups (broad SMARTS) is 1. The summed E-state index contributed by atoms with van der Waals surface area (Å²) in [6.07, 6.45) is 0.264. The second kappa shape index (κ2) is 8.30. The van der Waals surface area contributed by atoms with E-state index in [0.29, 0.717) is 42.5 Å². The zero-order chi connectivity index (χ0) is 20.5. The zero-order valence-electron chi connectivity index (χ0n) is 15.8. The minimum absolute atomic E-state index is 0.0367. The smallest absolute Gasteiger partial charge is 0.336 e. The molecule has 4 atom stereocenters. The maximum absolute atomic E-state index is 13.7. The Kier molecular flexibility index (Phi) is 5.76. The highest BCUT2D eigenvalue weighted by Crippen LogP contribution is 2.39. The summed E-state index contributed by atoms with van der Waals surface area (Å²) in [5, 5.41) is 20.0. The number of fused-ring (bicyclic) bond motifs is 1. The van der Waals surface area contributed by atoms with E-state index in [0.717, 1.165) is 18.7 Å². The molecule has 0 radical (unpaired) electrons. The first kappa shape index (κ1) is 20.1. The number of aliphatic hydroxyl groups is 1. The molecule has 1 saturated carbocycles. The van der Waals surface area contributed by atoms with Crippen molar-refractivity contribution in [1.82, 2.24) is 4.90 Å². The van der Waals surface area contributed by atoms with Gasteiger partial charge in [-0.2, -0.15) is 0 Å². The first-order valence-electron chi connectivity index (χ1n) is 9.74. The van der Waals surface area contributed by atoms with Crippen molar-refractivity contribution in [3.05, 3.63) is 64.4 Å². The summed E-state index contributed by atoms with van der Waals surface area (Å²) in [6.45, 7) is 2.21. The normalized spacial score (nSPS) is 26.9. The zero-order valence-corrected chi connectivity index (χ0v) is 16.6. The van der Waals surface area contributed by atoms with E-state index in [4.69, 9.17) is 16.3 Å². The Balaban J connectivity index is 1.41. The Labute approximate surface area is 173 Å². The lowest BCUT2D eigenvalue weighted by atomic mass is 9.78. The molecule has 0 unspecified atom stereocenters. The maximum atomic E-state index is 13.7. The van der Waals surface area contributed by atoms with E-state index in [1.54, 1.807) is 18.2 Å². The molecule has 0 amide bonds. The highest BCUT2D eigenvalue weighted by Gasteiger charge is 2.42. The summed E-state index contributed by atoms with van der Waals surface area (Å²) in [5.41, 5.74) is 1.12. The van der Waals surface area contributed by atoms with Gasteiger partial charge in [-0.05, 0) is 48.4 Å². The van der Waals surface area contributed by atoms with Gasteiger partial charge in [0, 0.05) is 25.7 Å². The van der Waals surface area contributed by atoms with Gasteiger partial charge in [-0.15, -0.1) is 0 Å². The van der Waals surface area contributed by atoms with Crippen molar-refractivity contribution >= 4 is 17.6 Å². The molecule has 7 heteroatoms. The molecule has 154 valence electrons. The van der Waals surface area contributed by atoms with Gasteiger partial charge >= 0.3 is 5.97 Å². The Hall–Kier alpha value is -2.15. The van der Waals surface area contributed by atoms with Crippen LogP contribution in [0, 0.1) is 17.7 Å². The van der Waals surface area contributed by atoms with Gasteiger partial charge in [0.25, 0.3) is 0 Å². The van der Waals surface area contributed by atoms with Gasteiger partial charge in [-0.3, -0.25) is 4.90 Å². The summed E-state index contributed by atoms with van der Waals surface area (Å²) >= 11 is 5.72. The fraction of sp³-hybridized carbons (Fsp3) is 0.409. The van der Waals surface area contributed by atoms with Crippen molar-refractivity contribution < 1.29 is 24.1 Å². The minimum atomic E-state index is -0.920. The Morgan fingerprint density at radius 3 is 2.62 bits per heavy atom. The molecule has 2 N–H and O–H groups in total. The summed E-state index contributed by atoms with van der Waals surface area (Å²) in [6, 6.07) is 11.3. The van der Waals surface area contributed by atoms with Crippen LogP contribution in [0.4, 0.5) is 4.39 Å². The maximum Gasteiger partial charge on any atom is 0.336 e. The van der Waals surface area contributed by atoms with Gasteiger partial charge in [0.15, 0.2) is 0 Å². The SMILES string of the molecule is O=C(O)c1ccccc1CN1C[C@H]2C[C@@H](Oc3ccc(Cl)c(F)c3)[C@H](O)C[C@H]2C1. The molecule has 1 aliphatic heterocycles. The monoisotopic (exact) mass is 419 g/mol. The van der Waals surface area contributed by atoms with Crippen LogP contribution in [-0.4, -0.2) is 46.4 Å². The standard InChI is InChI=1S/C22H23ClFNO4/c23-18-6-5-16(9-19(18)24)29-21-8-15-12-25(11-14(15)7-20(21)26)10-13-3-1-2-4-17(13)22(27)28/h1-6,9,14-15,20-21,26H,7-8,10-12H2,(H,27,28)/t14-,15+,20+,21+/m0/s1. The van der Waals surface area contributed by atoms with Crippen LogP contribution >= 0.6 is 11.6 Å². The number of carboxylic acids is 1. The van der Waals surface area contributed by atoms with E-state index in [-0.39, 0.29) is 5.02 Å². The molecular formula is C22H23ClFNO4. The number of hydrogen-bond acceptors (Lipinski definition) is 4. The Morgan fingerprint density at radius 2 is 1.90 bits per heavy atom. The molecule has 0 aromatic heterocycles. The molecule has 1 aliphatic carbocycles. The van der Waals surface area contributed by atoms with E-state index in [9.17, 15) is 19.4 Å². The number of aromatic carboxylic acids is 1. The third kappa shape index (κ3) is 4.39. The van der Waals surface area contributed by atoms with Crippen LogP contribution in [0.15, 0.2) is 42.5 Å². The molecule has 0 bridgehead atoms. The molecule has 2 aromatic carbocycles. The quantitative estimate of drug-likeness (QED) is 0.770. The lowest BCUT2D eigenvalue weighted by Crippen LogP contribution is -2.42. The number of aliphatic hydroxyl groups excluding tert-OH is 1. The number of halogens is 2. The Bertz CT molecular complexity index is 908. The van der Waals surface area contributed by atoms with Crippen LogP contribution in [0.1, 0.15) is 28.8 Å². The van der Waals surface area contributed by atoms with E-state index in [2.05, 4.69) is 4.90 Å². The fourth-order valence-electron chi connectivity index (χ4n) is 4.58. The van der Waals surface area contributed by atoms with Gasteiger partial charge in [-0.25, -0.2) is 9.18 Å². The Morgan fingerprint density at radius 1 is 1.17 bits per heavy atom. The molecule has 4 rings (SSSR count). The molecule has 2 aromatic rings. The molecule has 2 fully saturated rings. The van der Waals surface area contributed by atoms with E-state index in [1.807, 2.05) is 12.1 Å². The molecule has 2 aliphatic rings. The average molecular weight is 420 g/mol. The largest absolute Gasteiger partial charge is 0.488 e. The molecular weight excluding hydrogens is 397 g/mol. The number of ether oxygens (including phenoxy) is 1. The van der Waals surface area contributed by atoms with Gasteiger partial charge < -0.3 is 14.9 Å². The van der Waals surface area contributed by atoms with Crippen LogP contribution in [-0.2, 0) is 6.54 Å². The summed E-state index contributed by atoms with van der Waals surface area (Å²) in [5.74, 6) is -0.422. The van der Waals surface area contributed by atoms with Crippen molar-refractivity contribution in [2.24, 2.45) is 11.8 Å². The molecule has 29 heavy (non-hydrogen) atoms. The van der Waals surface area contributed by atoms with Crippen LogP contribution < -0.4 is 4.74 Å². The van der Waals surface area contributed by atoms with Crippen LogP contribution in [0.3, 0.4) is 0 Å². The van der Waals surface area contributed by atoms with Crippen LogP contribution in [0.2, 0.25) is 5.02 Å². The van der Waals surface area contributed by atoms with Crippen molar-refractivity contribution in [3.63, 3.8) is 0 Å². The first-order chi connectivity index (χ1) is 13.9. The summed E-state index contributed by atoms with van der Waals surface area (Å²) < 4.78 is 19.5. The molecule has 1 heterocycles. The van der Waals surface area contributed by atoms with Crippen molar-refractivity contribution in [3.8, 4) is 5.75 Å². The van der Waals surface area contributed by atoms with Crippen molar-refractivity contribution in [2.45, 2.75) is 31.6 Å². The highest BCUT2D eigenvalue weighted by atomic mass is 35.5. The number of likely N-dealkylation sites (tertiary alicyclic amines) is 1. The van der Waals surface area contributed by atoms with Gasteiger partial charge in [0.05, 0.1) is 16.7 Å². The summed E-state index contributed by atoms with van der Waals surface area (Å²) in [7, 11) is 0. The molecule has 5 nitrogen and oxygen atoms in total. The van der Waals surface area contributed by atoms with Gasteiger partial charge in [-0.1, -0.05) is 29.8 Å². The first-order valence-corrected chi connectivity index (χ1v) is 10.1. The van der Waals surface area contributed by atoms with Gasteiger partial charge in [0.1, 0.15) is 17.7 Å².